The molecular weight excluding hydrogens is 248 g/mol. The molecule has 0 fully saturated rings. The van der Waals surface area contributed by atoms with Gasteiger partial charge in [0, 0.05) is 18.2 Å². The number of hydrogen-bond donors (Lipinski definition) is 3. The van der Waals surface area contributed by atoms with E-state index in [1.165, 1.54) is 0 Å². The Labute approximate surface area is 110 Å². The number of carbonyl (C=O) groups excluding carboxylic acids is 1. The van der Waals surface area contributed by atoms with Gasteiger partial charge in [-0.25, -0.2) is 4.79 Å². The Kier molecular flexibility index (Phi) is 3.59. The topological polar surface area (TPSA) is 87.7 Å². The van der Waals surface area contributed by atoms with E-state index in [2.05, 4.69) is 10.6 Å². The number of carboxylic acid groups (broad SMARTS) is 1. The first-order chi connectivity index (χ1) is 8.97. The summed E-state index contributed by atoms with van der Waals surface area (Å²) in [5.74, 6) is 0.276. The quantitative estimate of drug-likeness (QED) is 0.777. The molecule has 6 heteroatoms. The number of rotatable bonds is 3. The third-order valence-electron chi connectivity index (χ3n) is 2.74. The van der Waals surface area contributed by atoms with E-state index in [1.807, 2.05) is 13.8 Å². The molecule has 0 aromatic heterocycles. The Bertz CT molecular complexity index is 526. The highest BCUT2D eigenvalue weighted by molar-refractivity contribution is 6.00. The number of ether oxygens (including phenoxy) is 1. The van der Waals surface area contributed by atoms with Crippen LogP contribution in [0.5, 0.6) is 5.75 Å². The Morgan fingerprint density at radius 1 is 1.47 bits per heavy atom. The van der Waals surface area contributed by atoms with Crippen molar-refractivity contribution in [2.45, 2.75) is 26.4 Å². The maximum absolute atomic E-state index is 11.8. The molecule has 0 spiro atoms. The number of benzene rings is 1. The fourth-order valence-corrected chi connectivity index (χ4v) is 2.08. The molecule has 0 saturated heterocycles. The zero-order chi connectivity index (χ0) is 14.0. The van der Waals surface area contributed by atoms with Crippen LogP contribution in [-0.2, 0) is 6.42 Å². The van der Waals surface area contributed by atoms with Crippen molar-refractivity contribution in [3.05, 3.63) is 23.3 Å². The van der Waals surface area contributed by atoms with E-state index in [-0.39, 0.29) is 12.0 Å². The first-order valence-electron chi connectivity index (χ1n) is 6.09. The predicted molar refractivity (Wildman–Crippen MR) is 69.9 cm³/mol. The van der Waals surface area contributed by atoms with Crippen molar-refractivity contribution in [3.8, 4) is 5.75 Å². The van der Waals surface area contributed by atoms with Gasteiger partial charge in [0.15, 0.2) is 0 Å². The second-order valence-corrected chi connectivity index (χ2v) is 4.60. The molecule has 0 bridgehead atoms. The van der Waals surface area contributed by atoms with Crippen LogP contribution in [0.3, 0.4) is 0 Å². The number of nitrogens with one attached hydrogen (secondary N) is 2. The summed E-state index contributed by atoms with van der Waals surface area (Å²) in [6.45, 7) is 4.23. The second-order valence-electron chi connectivity index (χ2n) is 4.60. The van der Waals surface area contributed by atoms with Crippen LogP contribution in [0.15, 0.2) is 12.1 Å². The van der Waals surface area contributed by atoms with Crippen LogP contribution in [-0.4, -0.2) is 29.8 Å². The molecule has 3 N–H and O–H groups in total. The Morgan fingerprint density at radius 3 is 2.84 bits per heavy atom. The lowest BCUT2D eigenvalue weighted by molar-refractivity contribution is 0.0945. The van der Waals surface area contributed by atoms with Gasteiger partial charge in [-0.1, -0.05) is 0 Å². The van der Waals surface area contributed by atoms with Crippen molar-refractivity contribution in [3.63, 3.8) is 0 Å². The van der Waals surface area contributed by atoms with Crippen LogP contribution in [0.4, 0.5) is 10.5 Å². The average Bonchev–Trinajstić information content (AvgIpc) is 2.29. The lowest BCUT2D eigenvalue weighted by Crippen LogP contribution is -2.32. The van der Waals surface area contributed by atoms with Crippen LogP contribution in [0.2, 0.25) is 0 Å². The van der Waals surface area contributed by atoms with Crippen molar-refractivity contribution >= 4 is 17.7 Å². The van der Waals surface area contributed by atoms with Crippen molar-refractivity contribution in [1.82, 2.24) is 5.32 Å². The monoisotopic (exact) mass is 264 g/mol. The van der Waals surface area contributed by atoms with Gasteiger partial charge in [-0.3, -0.25) is 10.1 Å². The molecule has 1 aromatic rings. The molecule has 1 aromatic carbocycles. The normalized spacial score (nSPS) is 13.7. The smallest absolute Gasteiger partial charge is 0.409 e. The molecule has 1 heterocycles. The molecule has 2 amide bonds. The molecule has 19 heavy (non-hydrogen) atoms. The average molecular weight is 264 g/mol. The molecule has 0 unspecified atom stereocenters. The van der Waals surface area contributed by atoms with Crippen LogP contribution >= 0.6 is 0 Å². The van der Waals surface area contributed by atoms with E-state index in [4.69, 9.17) is 9.84 Å². The van der Waals surface area contributed by atoms with Gasteiger partial charge in [-0.15, -0.1) is 0 Å². The molecule has 0 radical (unpaired) electrons. The zero-order valence-corrected chi connectivity index (χ0v) is 10.8. The lowest BCUT2D eigenvalue weighted by atomic mass is 9.98. The maximum atomic E-state index is 11.8. The molecule has 2 rings (SSSR count). The summed E-state index contributed by atoms with van der Waals surface area (Å²) in [6, 6.07) is 3.27. The minimum Gasteiger partial charge on any atom is -0.491 e. The Morgan fingerprint density at radius 2 is 2.21 bits per heavy atom. The van der Waals surface area contributed by atoms with Gasteiger partial charge in [-0.05, 0) is 31.9 Å². The largest absolute Gasteiger partial charge is 0.491 e. The minimum atomic E-state index is -1.16. The summed E-state index contributed by atoms with van der Waals surface area (Å²) in [5, 5.41) is 13.9. The first-order valence-corrected chi connectivity index (χ1v) is 6.09. The van der Waals surface area contributed by atoms with Gasteiger partial charge in [-0.2, -0.15) is 0 Å². The van der Waals surface area contributed by atoms with Crippen LogP contribution < -0.4 is 15.4 Å². The Balaban J connectivity index is 2.47. The summed E-state index contributed by atoms with van der Waals surface area (Å²) in [5.41, 5.74) is 1.59. The fourth-order valence-electron chi connectivity index (χ4n) is 2.08. The number of anilines is 1. The predicted octanol–water partition coefficient (Wildman–Crippen LogP) is 1.85. The summed E-state index contributed by atoms with van der Waals surface area (Å²) in [6.07, 6.45) is -0.615. The third-order valence-corrected chi connectivity index (χ3v) is 2.74. The number of carbonyl (C=O) groups is 2. The zero-order valence-electron chi connectivity index (χ0n) is 10.8. The van der Waals surface area contributed by atoms with Crippen molar-refractivity contribution < 1.29 is 19.4 Å². The van der Waals surface area contributed by atoms with Gasteiger partial charge in [0.2, 0.25) is 0 Å². The number of amides is 2. The third kappa shape index (κ3) is 2.96. The molecule has 0 atom stereocenters. The molecule has 102 valence electrons. The molecule has 0 aliphatic carbocycles. The number of fused-ring (bicyclic) bond motifs is 1. The van der Waals surface area contributed by atoms with Gasteiger partial charge < -0.3 is 15.2 Å². The molecule has 0 saturated carbocycles. The standard InChI is InChI=1S/C13H16N2O4/c1-7(2)19-8-5-10-9(3-4-14-12(10)16)11(6-8)15-13(17)18/h5-7,15H,3-4H2,1-2H3,(H,14,16)(H,17,18). The lowest BCUT2D eigenvalue weighted by Gasteiger charge is -2.21. The molecule has 6 nitrogen and oxygen atoms in total. The van der Waals surface area contributed by atoms with Gasteiger partial charge in [0.05, 0.1) is 11.8 Å². The van der Waals surface area contributed by atoms with Crippen LogP contribution in [0, 0.1) is 0 Å². The van der Waals surface area contributed by atoms with E-state index in [0.717, 1.165) is 0 Å². The van der Waals surface area contributed by atoms with Gasteiger partial charge in [0.1, 0.15) is 5.75 Å². The van der Waals surface area contributed by atoms with Crippen LogP contribution in [0.1, 0.15) is 29.8 Å². The van der Waals surface area contributed by atoms with E-state index < -0.39 is 6.09 Å². The fraction of sp³-hybridized carbons (Fsp3) is 0.385. The highest BCUT2D eigenvalue weighted by Gasteiger charge is 2.22. The summed E-state index contributed by atoms with van der Waals surface area (Å²) >= 11 is 0. The van der Waals surface area contributed by atoms with Crippen molar-refractivity contribution in [2.75, 3.05) is 11.9 Å². The summed E-state index contributed by atoms with van der Waals surface area (Å²) in [7, 11) is 0. The maximum Gasteiger partial charge on any atom is 0.409 e. The van der Waals surface area contributed by atoms with Gasteiger partial charge in [0.25, 0.3) is 5.91 Å². The van der Waals surface area contributed by atoms with Gasteiger partial charge >= 0.3 is 6.09 Å². The highest BCUT2D eigenvalue weighted by Crippen LogP contribution is 2.29. The molecule has 1 aliphatic rings. The second kappa shape index (κ2) is 5.17. The molecule has 1 aliphatic heterocycles. The Hall–Kier alpha value is -2.24. The van der Waals surface area contributed by atoms with E-state index in [0.29, 0.717) is 35.5 Å². The minimum absolute atomic E-state index is 0.0534. The highest BCUT2D eigenvalue weighted by atomic mass is 16.5. The first kappa shape index (κ1) is 13.2. The summed E-state index contributed by atoms with van der Waals surface area (Å²) in [4.78, 5) is 22.6. The van der Waals surface area contributed by atoms with Crippen molar-refractivity contribution in [1.29, 1.82) is 0 Å². The van der Waals surface area contributed by atoms with E-state index >= 15 is 0 Å². The SMILES string of the molecule is CC(C)Oc1cc(NC(=O)O)c2c(c1)C(=O)NCC2. The van der Waals surface area contributed by atoms with E-state index in [9.17, 15) is 9.59 Å². The van der Waals surface area contributed by atoms with Crippen LogP contribution in [0.25, 0.3) is 0 Å². The summed E-state index contributed by atoms with van der Waals surface area (Å²) < 4.78 is 5.54. The van der Waals surface area contributed by atoms with Crippen molar-refractivity contribution in [2.24, 2.45) is 0 Å². The van der Waals surface area contributed by atoms with E-state index in [1.54, 1.807) is 12.1 Å². The number of hydrogen-bond acceptors (Lipinski definition) is 3. The molecular formula is C13H16N2O4.